The minimum atomic E-state index is 0. The summed E-state index contributed by atoms with van der Waals surface area (Å²) >= 11 is 11.8. The standard InChI is InChI=1S/C9H12Cl2N4.ClH/c1-15(2)14-9(12)13-8-6(10)4-3-5-7(8)11;/h3-5H,1-2H3,(H3,12,13,14);1H. The smallest absolute Gasteiger partial charge is 0.208 e. The van der Waals surface area contributed by atoms with Crippen LogP contribution in [0.25, 0.3) is 0 Å². The Morgan fingerprint density at radius 1 is 1.31 bits per heavy atom. The van der Waals surface area contributed by atoms with E-state index >= 15 is 0 Å². The fraction of sp³-hybridized carbons (Fsp3) is 0.222. The number of hydrogen-bond acceptors (Lipinski definition) is 2. The summed E-state index contributed by atoms with van der Waals surface area (Å²) in [6.07, 6.45) is 0. The minimum Gasteiger partial charge on any atom is -0.369 e. The van der Waals surface area contributed by atoms with Crippen molar-refractivity contribution in [1.29, 1.82) is 0 Å². The summed E-state index contributed by atoms with van der Waals surface area (Å²) in [5.41, 5.74) is 8.88. The summed E-state index contributed by atoms with van der Waals surface area (Å²) in [4.78, 5) is 4.08. The lowest BCUT2D eigenvalue weighted by atomic mass is 10.3. The van der Waals surface area contributed by atoms with Crippen molar-refractivity contribution in [3.8, 4) is 0 Å². The summed E-state index contributed by atoms with van der Waals surface area (Å²) in [6.45, 7) is 0. The number of nitrogens with zero attached hydrogens (tertiary/aromatic N) is 2. The minimum absolute atomic E-state index is 0. The van der Waals surface area contributed by atoms with E-state index in [4.69, 9.17) is 28.9 Å². The van der Waals surface area contributed by atoms with Gasteiger partial charge in [-0.1, -0.05) is 29.3 Å². The molecule has 0 aromatic heterocycles. The number of hydrogen-bond donors (Lipinski definition) is 2. The zero-order valence-electron chi connectivity index (χ0n) is 8.87. The van der Waals surface area contributed by atoms with Gasteiger partial charge < -0.3 is 5.73 Å². The molecule has 1 aromatic carbocycles. The lowest BCUT2D eigenvalue weighted by molar-refractivity contribution is 0.360. The Kier molecular flexibility index (Phi) is 6.52. The van der Waals surface area contributed by atoms with E-state index in [1.165, 1.54) is 0 Å². The molecule has 0 saturated heterocycles. The van der Waals surface area contributed by atoms with Crippen molar-refractivity contribution in [1.82, 2.24) is 10.4 Å². The number of benzene rings is 1. The zero-order valence-corrected chi connectivity index (χ0v) is 11.2. The van der Waals surface area contributed by atoms with Crippen LogP contribution in [0.4, 0.5) is 5.69 Å². The second kappa shape index (κ2) is 6.81. The highest BCUT2D eigenvalue weighted by molar-refractivity contribution is 6.38. The van der Waals surface area contributed by atoms with Gasteiger partial charge >= 0.3 is 0 Å². The number of halogens is 3. The molecule has 90 valence electrons. The Balaban J connectivity index is 0.00000225. The monoisotopic (exact) mass is 282 g/mol. The SMILES string of the molecule is CN(C)NC(N)=Nc1c(Cl)cccc1Cl.Cl. The van der Waals surface area contributed by atoms with E-state index in [1.807, 2.05) is 0 Å². The van der Waals surface area contributed by atoms with E-state index < -0.39 is 0 Å². The van der Waals surface area contributed by atoms with Crippen molar-refractivity contribution in [3.63, 3.8) is 0 Å². The molecular weight excluding hydrogens is 270 g/mol. The first-order valence-corrected chi connectivity index (χ1v) is 4.98. The zero-order chi connectivity index (χ0) is 11.4. The van der Waals surface area contributed by atoms with Crippen LogP contribution in [0.2, 0.25) is 10.0 Å². The van der Waals surface area contributed by atoms with Gasteiger partial charge in [0.05, 0.1) is 10.0 Å². The Labute approximate surface area is 111 Å². The van der Waals surface area contributed by atoms with Gasteiger partial charge in [0.15, 0.2) is 0 Å². The van der Waals surface area contributed by atoms with Gasteiger partial charge in [-0.2, -0.15) is 0 Å². The molecular formula is C9H13Cl3N4. The highest BCUT2D eigenvalue weighted by atomic mass is 35.5. The lowest BCUT2D eigenvalue weighted by Gasteiger charge is -2.12. The molecule has 0 saturated carbocycles. The molecule has 1 aromatic rings. The van der Waals surface area contributed by atoms with Crippen LogP contribution < -0.4 is 11.2 Å². The molecule has 3 N–H and O–H groups in total. The molecule has 0 heterocycles. The molecule has 7 heteroatoms. The second-order valence-electron chi connectivity index (χ2n) is 3.07. The largest absolute Gasteiger partial charge is 0.369 e. The van der Waals surface area contributed by atoms with Gasteiger partial charge in [-0.15, -0.1) is 12.4 Å². The van der Waals surface area contributed by atoms with Crippen LogP contribution in [0.3, 0.4) is 0 Å². The fourth-order valence-electron chi connectivity index (χ4n) is 0.970. The van der Waals surface area contributed by atoms with E-state index in [2.05, 4.69) is 10.4 Å². The average Bonchev–Trinajstić information content (AvgIpc) is 2.10. The van der Waals surface area contributed by atoms with Gasteiger partial charge in [0, 0.05) is 14.1 Å². The van der Waals surface area contributed by atoms with Gasteiger partial charge in [-0.3, -0.25) is 5.43 Å². The Morgan fingerprint density at radius 3 is 2.25 bits per heavy atom. The molecule has 0 spiro atoms. The maximum absolute atomic E-state index is 5.92. The van der Waals surface area contributed by atoms with Crippen LogP contribution in [-0.4, -0.2) is 25.1 Å². The number of rotatable bonds is 2. The third-order valence-electron chi connectivity index (χ3n) is 1.51. The number of nitrogens with one attached hydrogen (secondary N) is 1. The molecule has 16 heavy (non-hydrogen) atoms. The fourth-order valence-corrected chi connectivity index (χ4v) is 1.45. The molecule has 0 atom stereocenters. The Morgan fingerprint density at radius 2 is 1.81 bits per heavy atom. The Bertz CT molecular complexity index is 359. The van der Waals surface area contributed by atoms with Gasteiger partial charge in [0.1, 0.15) is 5.69 Å². The van der Waals surface area contributed by atoms with Crippen molar-refractivity contribution in [3.05, 3.63) is 28.2 Å². The van der Waals surface area contributed by atoms with Crippen molar-refractivity contribution >= 4 is 47.3 Å². The van der Waals surface area contributed by atoms with E-state index in [9.17, 15) is 0 Å². The highest BCUT2D eigenvalue weighted by Crippen LogP contribution is 2.32. The molecule has 1 rings (SSSR count). The highest BCUT2D eigenvalue weighted by Gasteiger charge is 2.04. The summed E-state index contributed by atoms with van der Waals surface area (Å²) < 4.78 is 0. The maximum Gasteiger partial charge on any atom is 0.208 e. The lowest BCUT2D eigenvalue weighted by Crippen LogP contribution is -2.41. The molecule has 0 aliphatic rings. The number of guanidine groups is 1. The first-order valence-electron chi connectivity index (χ1n) is 4.23. The van der Waals surface area contributed by atoms with Crippen molar-refractivity contribution in [2.45, 2.75) is 0 Å². The normalized spacial score (nSPS) is 11.2. The third-order valence-corrected chi connectivity index (χ3v) is 2.12. The predicted molar refractivity (Wildman–Crippen MR) is 71.8 cm³/mol. The molecule has 0 bridgehead atoms. The predicted octanol–water partition coefficient (Wildman–Crippen LogP) is 2.43. The molecule has 0 aliphatic heterocycles. The van der Waals surface area contributed by atoms with E-state index in [0.29, 0.717) is 15.7 Å². The van der Waals surface area contributed by atoms with E-state index in [1.54, 1.807) is 37.3 Å². The maximum atomic E-state index is 5.92. The summed E-state index contributed by atoms with van der Waals surface area (Å²) in [7, 11) is 3.60. The van der Waals surface area contributed by atoms with Gasteiger partial charge in [-0.25, -0.2) is 10.0 Å². The first-order chi connectivity index (χ1) is 7.00. The number of hydrazine groups is 1. The molecule has 0 amide bonds. The van der Waals surface area contributed by atoms with Crippen molar-refractivity contribution in [2.24, 2.45) is 10.7 Å². The quantitative estimate of drug-likeness (QED) is 0.498. The van der Waals surface area contributed by atoms with Crippen LogP contribution >= 0.6 is 35.6 Å². The van der Waals surface area contributed by atoms with Crippen LogP contribution in [0.1, 0.15) is 0 Å². The summed E-state index contributed by atoms with van der Waals surface area (Å²) in [5, 5.41) is 2.60. The van der Waals surface area contributed by atoms with E-state index in [-0.39, 0.29) is 18.4 Å². The van der Waals surface area contributed by atoms with Gasteiger partial charge in [0.25, 0.3) is 0 Å². The molecule has 0 unspecified atom stereocenters. The number of aliphatic imine (C=N–C) groups is 1. The number of para-hydroxylation sites is 1. The Hall–Kier alpha value is -0.680. The van der Waals surface area contributed by atoms with Crippen molar-refractivity contribution < 1.29 is 0 Å². The topological polar surface area (TPSA) is 53.6 Å². The van der Waals surface area contributed by atoms with Gasteiger partial charge in [0.2, 0.25) is 5.96 Å². The molecule has 4 nitrogen and oxygen atoms in total. The van der Waals surface area contributed by atoms with Crippen LogP contribution in [-0.2, 0) is 0 Å². The molecule has 0 radical (unpaired) electrons. The third kappa shape index (κ3) is 4.45. The number of nitrogens with two attached hydrogens (primary N) is 1. The summed E-state index contributed by atoms with van der Waals surface area (Å²) in [6, 6.07) is 5.16. The second-order valence-corrected chi connectivity index (χ2v) is 3.89. The van der Waals surface area contributed by atoms with Crippen LogP contribution in [0.15, 0.2) is 23.2 Å². The van der Waals surface area contributed by atoms with Crippen molar-refractivity contribution in [2.75, 3.05) is 14.1 Å². The van der Waals surface area contributed by atoms with E-state index in [0.717, 1.165) is 0 Å². The summed E-state index contributed by atoms with van der Waals surface area (Å²) in [5.74, 6) is 0.231. The van der Waals surface area contributed by atoms with Gasteiger partial charge in [-0.05, 0) is 12.1 Å². The van der Waals surface area contributed by atoms with Crippen LogP contribution in [0, 0.1) is 0 Å². The molecule has 0 aliphatic carbocycles. The average molecular weight is 284 g/mol. The van der Waals surface area contributed by atoms with Crippen LogP contribution in [0.5, 0.6) is 0 Å². The first kappa shape index (κ1) is 15.3. The molecule has 0 fully saturated rings.